The summed E-state index contributed by atoms with van der Waals surface area (Å²) in [6.45, 7) is 1.91. The third kappa shape index (κ3) is 6.29. The van der Waals surface area contributed by atoms with Gasteiger partial charge in [0.25, 0.3) is 5.91 Å². The Morgan fingerprint density at radius 3 is 2.64 bits per heavy atom. The number of ether oxygens (including phenoxy) is 1. The second-order valence-corrected chi connectivity index (χ2v) is 8.01. The molecule has 9 nitrogen and oxygen atoms in total. The number of hydrogen-bond donors (Lipinski definition) is 4. The van der Waals surface area contributed by atoms with Crippen molar-refractivity contribution in [2.24, 2.45) is 23.5 Å². The molecule has 1 aromatic heterocycles. The van der Waals surface area contributed by atoms with E-state index in [0.717, 1.165) is 11.1 Å². The van der Waals surface area contributed by atoms with E-state index in [1.165, 1.54) is 25.4 Å². The number of halogens is 1. The minimum Gasteiger partial charge on any atom is -0.494 e. The van der Waals surface area contributed by atoms with Gasteiger partial charge in [0, 0.05) is 31.4 Å². The van der Waals surface area contributed by atoms with Gasteiger partial charge in [0.2, 0.25) is 0 Å². The van der Waals surface area contributed by atoms with Gasteiger partial charge < -0.3 is 26.8 Å². The number of nitrogens with zero attached hydrogens (tertiary/aromatic N) is 3. The summed E-state index contributed by atoms with van der Waals surface area (Å²) in [6.07, 6.45) is 8.04. The molecule has 36 heavy (non-hydrogen) atoms. The molecule has 0 aliphatic heterocycles. The molecule has 0 aliphatic carbocycles. The first kappa shape index (κ1) is 26.0. The van der Waals surface area contributed by atoms with E-state index in [0.29, 0.717) is 28.3 Å². The molecule has 0 fully saturated rings. The van der Waals surface area contributed by atoms with E-state index in [4.69, 9.17) is 16.2 Å². The van der Waals surface area contributed by atoms with Gasteiger partial charge >= 0.3 is 0 Å². The van der Waals surface area contributed by atoms with Gasteiger partial charge in [-0.1, -0.05) is 12.1 Å². The van der Waals surface area contributed by atoms with Crippen molar-refractivity contribution >= 4 is 17.8 Å². The van der Waals surface area contributed by atoms with Crippen LogP contribution in [0.15, 0.2) is 71.9 Å². The van der Waals surface area contributed by atoms with Gasteiger partial charge in [0.1, 0.15) is 11.7 Å². The lowest BCUT2D eigenvalue weighted by molar-refractivity contribution is 0.0943. The van der Waals surface area contributed by atoms with Gasteiger partial charge in [0.05, 0.1) is 19.3 Å². The number of aryl methyl sites for hydroxylation is 2. The summed E-state index contributed by atoms with van der Waals surface area (Å²) in [6, 6.07) is 9.22. The van der Waals surface area contributed by atoms with E-state index < -0.39 is 11.9 Å². The van der Waals surface area contributed by atoms with Crippen LogP contribution in [0.25, 0.3) is 6.08 Å². The molecule has 0 spiro atoms. The second-order valence-electron chi connectivity index (χ2n) is 8.01. The van der Waals surface area contributed by atoms with E-state index in [-0.39, 0.29) is 11.7 Å². The molecule has 1 heterocycles. The van der Waals surface area contributed by atoms with E-state index in [2.05, 4.69) is 20.7 Å². The van der Waals surface area contributed by atoms with Crippen molar-refractivity contribution in [1.29, 1.82) is 0 Å². The van der Waals surface area contributed by atoms with Crippen LogP contribution in [0.1, 0.15) is 38.7 Å². The average molecular weight is 492 g/mol. The summed E-state index contributed by atoms with van der Waals surface area (Å²) in [7, 11) is 4.78. The maximum Gasteiger partial charge on any atom is 0.252 e. The van der Waals surface area contributed by atoms with Crippen molar-refractivity contribution in [1.82, 2.24) is 20.4 Å². The van der Waals surface area contributed by atoms with Gasteiger partial charge in [-0.05, 0) is 66.2 Å². The van der Waals surface area contributed by atoms with Crippen LogP contribution in [0.4, 0.5) is 4.39 Å². The molecule has 0 saturated heterocycles. The monoisotopic (exact) mass is 491 g/mol. The number of methoxy groups -OCH3 is 1. The molecule has 3 aromatic rings. The molecule has 1 amide bonds. The van der Waals surface area contributed by atoms with Crippen molar-refractivity contribution in [3.05, 3.63) is 101 Å². The lowest BCUT2D eigenvalue weighted by Gasteiger charge is -2.19. The average Bonchev–Trinajstić information content (AvgIpc) is 3.29. The van der Waals surface area contributed by atoms with Crippen LogP contribution in [0.3, 0.4) is 0 Å². The summed E-state index contributed by atoms with van der Waals surface area (Å²) in [5, 5.41) is 10.1. The molecule has 0 radical (unpaired) electrons. The number of amides is 1. The first-order valence-corrected chi connectivity index (χ1v) is 11.1. The number of amidine groups is 1. The Kier molecular flexibility index (Phi) is 8.45. The molecule has 6 N–H and O–H groups in total. The minimum absolute atomic E-state index is 0.120. The molecule has 0 saturated carbocycles. The van der Waals surface area contributed by atoms with Crippen molar-refractivity contribution in [3.8, 4) is 5.75 Å². The van der Waals surface area contributed by atoms with Crippen LogP contribution in [0.2, 0.25) is 0 Å². The summed E-state index contributed by atoms with van der Waals surface area (Å²) in [5.74, 6) is 0.0704. The van der Waals surface area contributed by atoms with Crippen LogP contribution < -0.4 is 26.8 Å². The zero-order valence-electron chi connectivity index (χ0n) is 20.6. The van der Waals surface area contributed by atoms with Crippen LogP contribution in [0.5, 0.6) is 5.75 Å². The molecule has 0 bridgehead atoms. The number of hydrogen-bond acceptors (Lipinski definition) is 6. The summed E-state index contributed by atoms with van der Waals surface area (Å²) in [4.78, 5) is 17.4. The number of aliphatic imine (C=N–C) groups is 1. The first-order chi connectivity index (χ1) is 17.2. The number of nitrogens with one attached hydrogen (secondary N) is 2. The summed E-state index contributed by atoms with van der Waals surface area (Å²) < 4.78 is 21.1. The van der Waals surface area contributed by atoms with E-state index >= 15 is 0 Å². The quantitative estimate of drug-likeness (QED) is 0.283. The third-order valence-corrected chi connectivity index (χ3v) is 5.46. The molecule has 0 unspecified atom stereocenters. The largest absolute Gasteiger partial charge is 0.494 e. The van der Waals surface area contributed by atoms with Crippen LogP contribution in [-0.4, -0.2) is 35.7 Å². The van der Waals surface area contributed by atoms with Crippen molar-refractivity contribution in [2.45, 2.75) is 13.0 Å². The van der Waals surface area contributed by atoms with E-state index in [1.807, 2.05) is 13.0 Å². The highest BCUT2D eigenvalue weighted by Gasteiger charge is 2.21. The standard InChI is InChI=1S/C26H30FN7O2/c1-16-5-6-18(11-19(16)13-23(29)32-24(30-2)9-10-28)26(35)33-25(20-14-31-34(3)15-20)17-7-8-22(36-4)21(27)12-17/h5-15,25H,28-29H2,1-4H3,(H,30,32)(H,33,35)/b10-9?,23-13+/t25-/m0/s1. The predicted octanol–water partition coefficient (Wildman–Crippen LogP) is 2.74. The molecule has 1 atom stereocenters. The lowest BCUT2D eigenvalue weighted by Crippen LogP contribution is -2.29. The minimum atomic E-state index is -0.634. The molecular formula is C26H30FN7O2. The highest BCUT2D eigenvalue weighted by Crippen LogP contribution is 2.27. The summed E-state index contributed by atoms with van der Waals surface area (Å²) in [5.41, 5.74) is 14.9. The number of aromatic nitrogens is 2. The number of nitrogens with two attached hydrogens (primary N) is 2. The normalized spacial score (nSPS) is 13.0. The predicted molar refractivity (Wildman–Crippen MR) is 139 cm³/mol. The third-order valence-electron chi connectivity index (χ3n) is 5.46. The summed E-state index contributed by atoms with van der Waals surface area (Å²) >= 11 is 0. The fourth-order valence-electron chi connectivity index (χ4n) is 3.58. The first-order valence-electron chi connectivity index (χ1n) is 11.1. The number of benzene rings is 2. The van der Waals surface area contributed by atoms with Gasteiger partial charge in [-0.25, -0.2) is 4.39 Å². The Balaban J connectivity index is 1.91. The second kappa shape index (κ2) is 11.7. The zero-order valence-corrected chi connectivity index (χ0v) is 20.6. The van der Waals surface area contributed by atoms with Crippen LogP contribution in [0, 0.1) is 12.7 Å². The number of carbonyl (C=O) groups excluding carboxylic acids is 1. The van der Waals surface area contributed by atoms with Gasteiger partial charge in [0.15, 0.2) is 11.6 Å². The number of rotatable bonds is 8. The maximum atomic E-state index is 14.5. The molecule has 0 aliphatic rings. The maximum absolute atomic E-state index is 14.5. The van der Waals surface area contributed by atoms with Crippen molar-refractivity contribution < 1.29 is 13.9 Å². The van der Waals surface area contributed by atoms with Crippen LogP contribution in [-0.2, 0) is 7.05 Å². The Morgan fingerprint density at radius 2 is 2.03 bits per heavy atom. The van der Waals surface area contributed by atoms with E-state index in [9.17, 15) is 9.18 Å². The van der Waals surface area contributed by atoms with Crippen molar-refractivity contribution in [2.75, 3.05) is 14.2 Å². The highest BCUT2D eigenvalue weighted by atomic mass is 19.1. The Morgan fingerprint density at radius 1 is 1.25 bits per heavy atom. The molecule has 3 rings (SSSR count). The molecule has 10 heteroatoms. The Bertz CT molecular complexity index is 1330. The Hall–Kier alpha value is -4.60. The SMILES string of the molecule is CN=C(C=CN)N/C(N)=C/c1cc(C(=O)N[C@@H](c2ccc(OC)c(F)c2)c2cnn(C)c2)ccc1C. The fraction of sp³-hybridized carbons (Fsp3) is 0.192. The smallest absolute Gasteiger partial charge is 0.252 e. The molecular weight excluding hydrogens is 461 g/mol. The topological polar surface area (TPSA) is 133 Å². The zero-order chi connectivity index (χ0) is 26.2. The van der Waals surface area contributed by atoms with Crippen LogP contribution >= 0.6 is 0 Å². The van der Waals surface area contributed by atoms with Gasteiger partial charge in [-0.15, -0.1) is 0 Å². The van der Waals surface area contributed by atoms with Gasteiger partial charge in [-0.2, -0.15) is 5.10 Å². The molecule has 2 aromatic carbocycles. The van der Waals surface area contributed by atoms with Gasteiger partial charge in [-0.3, -0.25) is 14.5 Å². The van der Waals surface area contributed by atoms with E-state index in [1.54, 1.807) is 61.5 Å². The molecule has 188 valence electrons. The van der Waals surface area contributed by atoms with Crippen molar-refractivity contribution in [3.63, 3.8) is 0 Å². The highest BCUT2D eigenvalue weighted by molar-refractivity contribution is 5.96. The fourth-order valence-corrected chi connectivity index (χ4v) is 3.58. The number of carbonyl (C=O) groups is 1. The lowest BCUT2D eigenvalue weighted by atomic mass is 9.99. The Labute approximate surface area is 209 Å².